The summed E-state index contributed by atoms with van der Waals surface area (Å²) in [6.45, 7) is 10.7. The number of ether oxygens (including phenoxy) is 1. The summed E-state index contributed by atoms with van der Waals surface area (Å²) in [5.74, 6) is 0.925. The van der Waals surface area contributed by atoms with Crippen LogP contribution in [0, 0.1) is 19.3 Å². The monoisotopic (exact) mass is 350 g/mol. The Bertz CT molecular complexity index is 594. The third-order valence-corrected chi connectivity index (χ3v) is 6.53. The summed E-state index contributed by atoms with van der Waals surface area (Å²) in [6.07, 6.45) is 5.41. The van der Waals surface area contributed by atoms with Crippen LogP contribution in [-0.2, 0) is 11.3 Å². The van der Waals surface area contributed by atoms with Crippen LogP contribution in [0.1, 0.15) is 55.1 Å². The van der Waals surface area contributed by atoms with Crippen molar-refractivity contribution in [2.75, 3.05) is 13.2 Å². The molecule has 0 bridgehead atoms. The minimum atomic E-state index is 0.350. The van der Waals surface area contributed by atoms with E-state index in [-0.39, 0.29) is 0 Å². The molecule has 24 heavy (non-hydrogen) atoms. The van der Waals surface area contributed by atoms with Gasteiger partial charge in [0.05, 0.1) is 23.4 Å². The summed E-state index contributed by atoms with van der Waals surface area (Å²) >= 11 is 1.74. The Labute approximate surface area is 149 Å². The van der Waals surface area contributed by atoms with Crippen LogP contribution in [0.15, 0.2) is 4.99 Å². The second-order valence-corrected chi connectivity index (χ2v) is 8.19. The van der Waals surface area contributed by atoms with Gasteiger partial charge in [0.2, 0.25) is 0 Å². The maximum absolute atomic E-state index is 5.95. The molecule has 1 aromatic heterocycles. The van der Waals surface area contributed by atoms with E-state index in [0.717, 1.165) is 36.2 Å². The molecule has 2 aliphatic rings. The van der Waals surface area contributed by atoms with E-state index in [9.17, 15) is 0 Å². The lowest BCUT2D eigenvalue weighted by atomic mass is 9.51. The van der Waals surface area contributed by atoms with Gasteiger partial charge in [0.15, 0.2) is 5.96 Å². The zero-order valence-electron chi connectivity index (χ0n) is 15.3. The van der Waals surface area contributed by atoms with Gasteiger partial charge in [-0.05, 0) is 47.0 Å². The standard InChI is InChI=1S/C18H30N4OS/c1-5-19-17(20-11-14-12(3)21-13(4)24-14)22-15-10-16(23-6-2)18(15)8-7-9-18/h15-16H,5-11H2,1-4H3,(H2,19,20,22). The molecule has 134 valence electrons. The molecule has 2 atom stereocenters. The lowest BCUT2D eigenvalue weighted by molar-refractivity contribution is -0.168. The van der Waals surface area contributed by atoms with Gasteiger partial charge in [0.1, 0.15) is 0 Å². The van der Waals surface area contributed by atoms with Crippen molar-refractivity contribution in [2.24, 2.45) is 10.4 Å². The van der Waals surface area contributed by atoms with Gasteiger partial charge in [0.25, 0.3) is 0 Å². The smallest absolute Gasteiger partial charge is 0.191 e. The van der Waals surface area contributed by atoms with Crippen molar-refractivity contribution in [3.05, 3.63) is 15.6 Å². The average molecular weight is 351 g/mol. The number of hydrogen-bond donors (Lipinski definition) is 2. The van der Waals surface area contributed by atoms with Crippen LogP contribution in [0.2, 0.25) is 0 Å². The lowest BCUT2D eigenvalue weighted by Gasteiger charge is -2.61. The van der Waals surface area contributed by atoms with Gasteiger partial charge in [-0.15, -0.1) is 11.3 Å². The van der Waals surface area contributed by atoms with E-state index in [2.05, 4.69) is 43.3 Å². The molecular formula is C18H30N4OS. The van der Waals surface area contributed by atoms with Crippen molar-refractivity contribution in [2.45, 2.75) is 72.1 Å². The third-order valence-electron chi connectivity index (χ3n) is 5.47. The van der Waals surface area contributed by atoms with Crippen LogP contribution in [-0.4, -0.2) is 36.2 Å². The first-order chi connectivity index (χ1) is 11.6. The number of hydrogen-bond acceptors (Lipinski definition) is 4. The minimum Gasteiger partial charge on any atom is -0.378 e. The number of aryl methyl sites for hydroxylation is 2. The highest BCUT2D eigenvalue weighted by molar-refractivity contribution is 7.11. The average Bonchev–Trinajstić information content (AvgIpc) is 2.79. The fraction of sp³-hybridized carbons (Fsp3) is 0.778. The predicted molar refractivity (Wildman–Crippen MR) is 99.6 cm³/mol. The molecule has 5 nitrogen and oxygen atoms in total. The quantitative estimate of drug-likeness (QED) is 0.611. The van der Waals surface area contributed by atoms with Crippen molar-refractivity contribution in [1.29, 1.82) is 0 Å². The van der Waals surface area contributed by atoms with Gasteiger partial charge in [-0.25, -0.2) is 9.98 Å². The van der Waals surface area contributed by atoms with Crippen LogP contribution < -0.4 is 10.6 Å². The summed E-state index contributed by atoms with van der Waals surface area (Å²) in [5.41, 5.74) is 1.45. The summed E-state index contributed by atoms with van der Waals surface area (Å²) in [6, 6.07) is 0.491. The Hall–Kier alpha value is -1.14. The first-order valence-electron chi connectivity index (χ1n) is 9.18. The van der Waals surface area contributed by atoms with Crippen molar-refractivity contribution in [3.63, 3.8) is 0 Å². The van der Waals surface area contributed by atoms with E-state index in [1.807, 2.05) is 0 Å². The SMILES string of the molecule is CCNC(=NCc1sc(C)nc1C)NC1CC(OCC)C12CCC2. The summed E-state index contributed by atoms with van der Waals surface area (Å²) in [5, 5.41) is 8.18. The molecule has 0 aromatic carbocycles. The molecule has 2 fully saturated rings. The topological polar surface area (TPSA) is 58.5 Å². The van der Waals surface area contributed by atoms with E-state index in [1.54, 1.807) is 11.3 Å². The van der Waals surface area contributed by atoms with Crippen molar-refractivity contribution >= 4 is 17.3 Å². The zero-order valence-corrected chi connectivity index (χ0v) is 16.1. The van der Waals surface area contributed by atoms with E-state index >= 15 is 0 Å². The molecule has 1 heterocycles. The highest BCUT2D eigenvalue weighted by Crippen LogP contribution is 2.57. The largest absolute Gasteiger partial charge is 0.378 e. The second-order valence-electron chi connectivity index (χ2n) is 6.90. The van der Waals surface area contributed by atoms with Gasteiger partial charge in [-0.3, -0.25) is 0 Å². The molecule has 6 heteroatoms. The molecule has 2 saturated carbocycles. The molecule has 2 aliphatic carbocycles. The van der Waals surface area contributed by atoms with Crippen LogP contribution in [0.4, 0.5) is 0 Å². The molecule has 1 spiro atoms. The van der Waals surface area contributed by atoms with E-state index in [1.165, 1.54) is 24.1 Å². The number of guanidine groups is 1. The zero-order chi connectivity index (χ0) is 17.2. The summed E-state index contributed by atoms with van der Waals surface area (Å²) in [7, 11) is 0. The Morgan fingerprint density at radius 2 is 2.17 bits per heavy atom. The Morgan fingerprint density at radius 1 is 1.38 bits per heavy atom. The molecule has 0 amide bonds. The summed E-state index contributed by atoms with van der Waals surface area (Å²) in [4.78, 5) is 10.5. The molecule has 1 aromatic rings. The molecule has 2 unspecified atom stereocenters. The molecule has 0 aliphatic heterocycles. The van der Waals surface area contributed by atoms with Gasteiger partial charge < -0.3 is 15.4 Å². The maximum Gasteiger partial charge on any atom is 0.191 e. The second kappa shape index (κ2) is 7.40. The van der Waals surface area contributed by atoms with Crippen LogP contribution >= 0.6 is 11.3 Å². The van der Waals surface area contributed by atoms with E-state index in [4.69, 9.17) is 9.73 Å². The molecule has 2 N–H and O–H groups in total. The minimum absolute atomic E-state index is 0.350. The number of thiazole rings is 1. The normalized spacial score (nSPS) is 25.2. The van der Waals surface area contributed by atoms with Gasteiger partial charge in [-0.2, -0.15) is 0 Å². The number of nitrogens with zero attached hydrogens (tertiary/aromatic N) is 2. The molecule has 3 rings (SSSR count). The highest BCUT2D eigenvalue weighted by atomic mass is 32.1. The van der Waals surface area contributed by atoms with E-state index < -0.39 is 0 Å². The van der Waals surface area contributed by atoms with Gasteiger partial charge >= 0.3 is 0 Å². The summed E-state index contributed by atoms with van der Waals surface area (Å²) < 4.78 is 5.95. The van der Waals surface area contributed by atoms with Crippen molar-refractivity contribution in [1.82, 2.24) is 15.6 Å². The first-order valence-corrected chi connectivity index (χ1v) is 10.00. The number of aliphatic imine (C=N–C) groups is 1. The van der Waals surface area contributed by atoms with Crippen LogP contribution in [0.5, 0.6) is 0 Å². The van der Waals surface area contributed by atoms with Crippen LogP contribution in [0.3, 0.4) is 0 Å². The highest BCUT2D eigenvalue weighted by Gasteiger charge is 2.59. The van der Waals surface area contributed by atoms with Crippen molar-refractivity contribution < 1.29 is 4.74 Å². The Morgan fingerprint density at radius 3 is 2.71 bits per heavy atom. The van der Waals surface area contributed by atoms with Gasteiger partial charge in [0, 0.05) is 29.5 Å². The Kier molecular flexibility index (Phi) is 5.45. The fourth-order valence-corrected chi connectivity index (χ4v) is 4.86. The third kappa shape index (κ3) is 3.31. The number of nitrogens with one attached hydrogen (secondary N) is 2. The van der Waals surface area contributed by atoms with E-state index in [0.29, 0.717) is 24.1 Å². The predicted octanol–water partition coefficient (Wildman–Crippen LogP) is 3.16. The fourth-order valence-electron chi connectivity index (χ4n) is 4.00. The lowest BCUT2D eigenvalue weighted by Crippen LogP contribution is -2.68. The van der Waals surface area contributed by atoms with Crippen LogP contribution in [0.25, 0.3) is 0 Å². The number of aromatic nitrogens is 1. The molecule has 0 saturated heterocycles. The first kappa shape index (κ1) is 17.7. The molecular weight excluding hydrogens is 320 g/mol. The van der Waals surface area contributed by atoms with Gasteiger partial charge in [-0.1, -0.05) is 6.42 Å². The molecule has 0 radical (unpaired) electrons. The Balaban J connectivity index is 1.64. The van der Waals surface area contributed by atoms with Crippen molar-refractivity contribution in [3.8, 4) is 0 Å². The maximum atomic E-state index is 5.95. The number of rotatable bonds is 6.